The fourth-order valence-corrected chi connectivity index (χ4v) is 2.77. The van der Waals surface area contributed by atoms with Crippen LogP contribution in [0.15, 0.2) is 47.4 Å². The quantitative estimate of drug-likeness (QED) is 0.839. The van der Waals surface area contributed by atoms with Crippen LogP contribution in [-0.2, 0) is 4.79 Å². The third-order valence-corrected chi connectivity index (χ3v) is 4.31. The highest BCUT2D eigenvalue weighted by atomic mass is 32.2. The maximum atomic E-state index is 13.6. The first-order valence-electron chi connectivity index (χ1n) is 6.76. The molecule has 0 aliphatic rings. The number of hydrogen-bond acceptors (Lipinski definition) is 2. The van der Waals surface area contributed by atoms with E-state index in [4.69, 9.17) is 0 Å². The molecule has 1 amide bonds. The Kier molecular flexibility index (Phi) is 5.02. The summed E-state index contributed by atoms with van der Waals surface area (Å²) < 4.78 is 13.6. The summed E-state index contributed by atoms with van der Waals surface area (Å²) in [6.45, 7) is 5.70. The van der Waals surface area contributed by atoms with Crippen LogP contribution in [0.4, 0.5) is 10.1 Å². The van der Waals surface area contributed by atoms with E-state index >= 15 is 0 Å². The molecule has 0 aromatic heterocycles. The van der Waals surface area contributed by atoms with Crippen LogP contribution >= 0.6 is 11.8 Å². The topological polar surface area (TPSA) is 29.1 Å². The summed E-state index contributed by atoms with van der Waals surface area (Å²) in [7, 11) is 0. The van der Waals surface area contributed by atoms with Gasteiger partial charge in [0.2, 0.25) is 5.91 Å². The van der Waals surface area contributed by atoms with Gasteiger partial charge >= 0.3 is 0 Å². The molecule has 0 spiro atoms. The van der Waals surface area contributed by atoms with Crippen molar-refractivity contribution in [2.45, 2.75) is 30.9 Å². The summed E-state index contributed by atoms with van der Waals surface area (Å²) in [5, 5.41) is 2.53. The van der Waals surface area contributed by atoms with Gasteiger partial charge in [0.1, 0.15) is 5.82 Å². The normalized spacial score (nSPS) is 12.0. The Balaban J connectivity index is 2.06. The Labute approximate surface area is 128 Å². The maximum absolute atomic E-state index is 13.6. The van der Waals surface area contributed by atoms with Crippen LogP contribution in [0, 0.1) is 19.7 Å². The van der Waals surface area contributed by atoms with Gasteiger partial charge in [-0.25, -0.2) is 4.39 Å². The van der Waals surface area contributed by atoms with E-state index in [-0.39, 0.29) is 17.0 Å². The van der Waals surface area contributed by atoms with Gasteiger partial charge in [0.05, 0.1) is 5.25 Å². The first-order valence-corrected chi connectivity index (χ1v) is 7.64. The van der Waals surface area contributed by atoms with Crippen molar-refractivity contribution < 1.29 is 9.18 Å². The van der Waals surface area contributed by atoms with E-state index in [1.165, 1.54) is 17.8 Å². The number of amides is 1. The van der Waals surface area contributed by atoms with Gasteiger partial charge in [-0.2, -0.15) is 0 Å². The Morgan fingerprint density at radius 3 is 2.62 bits per heavy atom. The number of hydrogen-bond donors (Lipinski definition) is 1. The van der Waals surface area contributed by atoms with Crippen molar-refractivity contribution in [2.24, 2.45) is 0 Å². The predicted octanol–water partition coefficient (Wildman–Crippen LogP) is 4.56. The summed E-state index contributed by atoms with van der Waals surface area (Å²) in [5.41, 5.74) is 2.91. The lowest BCUT2D eigenvalue weighted by atomic mass is 10.1. The summed E-state index contributed by atoms with van der Waals surface area (Å²) in [6.07, 6.45) is 0. The number of halogens is 1. The molecule has 0 fully saturated rings. The molecule has 110 valence electrons. The monoisotopic (exact) mass is 303 g/mol. The van der Waals surface area contributed by atoms with Gasteiger partial charge in [0.15, 0.2) is 0 Å². The zero-order valence-electron chi connectivity index (χ0n) is 12.3. The molecule has 2 aromatic rings. The molecule has 0 radical (unpaired) electrons. The van der Waals surface area contributed by atoms with Crippen molar-refractivity contribution in [3.05, 3.63) is 59.4 Å². The predicted molar refractivity (Wildman–Crippen MR) is 86.3 cm³/mol. The molecular weight excluding hydrogens is 285 g/mol. The number of carbonyl (C=O) groups is 1. The highest BCUT2D eigenvalue weighted by Gasteiger charge is 2.17. The summed E-state index contributed by atoms with van der Waals surface area (Å²) >= 11 is 1.22. The van der Waals surface area contributed by atoms with Crippen LogP contribution in [0.3, 0.4) is 0 Å². The molecule has 0 bridgehead atoms. The molecule has 1 N–H and O–H groups in total. The second-order valence-electron chi connectivity index (χ2n) is 5.00. The second kappa shape index (κ2) is 6.76. The minimum Gasteiger partial charge on any atom is -0.325 e. The van der Waals surface area contributed by atoms with Crippen LogP contribution < -0.4 is 5.32 Å². The number of benzene rings is 2. The lowest BCUT2D eigenvalue weighted by molar-refractivity contribution is -0.115. The van der Waals surface area contributed by atoms with Gasteiger partial charge in [-0.05, 0) is 50.1 Å². The van der Waals surface area contributed by atoms with E-state index in [9.17, 15) is 9.18 Å². The van der Waals surface area contributed by atoms with E-state index in [0.717, 1.165) is 16.8 Å². The van der Waals surface area contributed by atoms with Crippen molar-refractivity contribution >= 4 is 23.4 Å². The molecule has 0 aliphatic heterocycles. The Hall–Kier alpha value is -1.81. The van der Waals surface area contributed by atoms with Crippen LogP contribution in [0.2, 0.25) is 0 Å². The van der Waals surface area contributed by atoms with Gasteiger partial charge in [-0.3, -0.25) is 4.79 Å². The third kappa shape index (κ3) is 4.08. The Bertz CT molecular complexity index is 657. The van der Waals surface area contributed by atoms with Gasteiger partial charge in [-0.15, -0.1) is 11.8 Å². The summed E-state index contributed by atoms with van der Waals surface area (Å²) in [6, 6.07) is 12.4. The lowest BCUT2D eigenvalue weighted by Crippen LogP contribution is -2.23. The molecule has 0 aliphatic carbocycles. The molecule has 0 saturated carbocycles. The fourth-order valence-electron chi connectivity index (χ4n) is 1.89. The number of thioether (sulfide) groups is 1. The second-order valence-corrected chi connectivity index (χ2v) is 6.38. The zero-order valence-corrected chi connectivity index (χ0v) is 13.1. The SMILES string of the molecule is Cc1ccc(C)c(NC(=O)[C@@H](C)Sc2ccccc2F)c1. The van der Waals surface area contributed by atoms with E-state index in [2.05, 4.69) is 5.32 Å². The molecule has 0 unspecified atom stereocenters. The van der Waals surface area contributed by atoms with Crippen molar-refractivity contribution in [1.82, 2.24) is 0 Å². The lowest BCUT2D eigenvalue weighted by Gasteiger charge is -2.14. The largest absolute Gasteiger partial charge is 0.325 e. The molecule has 1 atom stereocenters. The van der Waals surface area contributed by atoms with Crippen molar-refractivity contribution in [1.29, 1.82) is 0 Å². The van der Waals surface area contributed by atoms with Gasteiger partial charge in [0.25, 0.3) is 0 Å². The first kappa shape index (κ1) is 15.6. The van der Waals surface area contributed by atoms with Gasteiger partial charge in [0, 0.05) is 10.6 Å². The smallest absolute Gasteiger partial charge is 0.237 e. The maximum Gasteiger partial charge on any atom is 0.237 e. The average molecular weight is 303 g/mol. The first-order chi connectivity index (χ1) is 9.97. The van der Waals surface area contributed by atoms with Crippen LogP contribution in [0.25, 0.3) is 0 Å². The minimum atomic E-state index is -0.373. The van der Waals surface area contributed by atoms with Crippen molar-refractivity contribution in [3.63, 3.8) is 0 Å². The molecular formula is C17H18FNOS. The molecule has 0 saturated heterocycles. The molecule has 2 rings (SSSR count). The number of carbonyl (C=O) groups excluding carboxylic acids is 1. The Morgan fingerprint density at radius 2 is 1.90 bits per heavy atom. The highest BCUT2D eigenvalue weighted by molar-refractivity contribution is 8.00. The zero-order chi connectivity index (χ0) is 15.4. The number of rotatable bonds is 4. The van der Waals surface area contributed by atoms with Gasteiger partial charge in [-0.1, -0.05) is 24.3 Å². The molecule has 2 nitrogen and oxygen atoms in total. The van der Waals surface area contributed by atoms with Crippen LogP contribution in [0.1, 0.15) is 18.1 Å². The van der Waals surface area contributed by atoms with E-state index in [1.807, 2.05) is 32.0 Å². The highest BCUT2D eigenvalue weighted by Crippen LogP contribution is 2.27. The standard InChI is InChI=1S/C17H18FNOS/c1-11-8-9-12(2)15(10-11)19-17(20)13(3)21-16-7-5-4-6-14(16)18/h4-10,13H,1-3H3,(H,19,20)/t13-/m1/s1. The van der Waals surface area contributed by atoms with E-state index in [0.29, 0.717) is 4.90 Å². The molecule has 4 heteroatoms. The Morgan fingerprint density at radius 1 is 1.19 bits per heavy atom. The van der Waals surface area contributed by atoms with Crippen molar-refractivity contribution in [2.75, 3.05) is 5.32 Å². The third-order valence-electron chi connectivity index (χ3n) is 3.16. The minimum absolute atomic E-state index is 0.128. The fraction of sp³-hybridized carbons (Fsp3) is 0.235. The molecule has 2 aromatic carbocycles. The number of anilines is 1. The summed E-state index contributed by atoms with van der Waals surface area (Å²) in [5.74, 6) is -0.425. The number of aryl methyl sites for hydroxylation is 2. The molecule has 21 heavy (non-hydrogen) atoms. The van der Waals surface area contributed by atoms with E-state index < -0.39 is 0 Å². The van der Waals surface area contributed by atoms with Gasteiger partial charge < -0.3 is 5.32 Å². The molecule has 0 heterocycles. The average Bonchev–Trinajstić information content (AvgIpc) is 2.45. The van der Waals surface area contributed by atoms with E-state index in [1.54, 1.807) is 25.1 Å². The summed E-state index contributed by atoms with van der Waals surface area (Å²) in [4.78, 5) is 12.7. The number of nitrogens with one attached hydrogen (secondary N) is 1. The van der Waals surface area contributed by atoms with Crippen LogP contribution in [-0.4, -0.2) is 11.2 Å². The van der Waals surface area contributed by atoms with Crippen molar-refractivity contribution in [3.8, 4) is 0 Å². The van der Waals surface area contributed by atoms with Crippen LogP contribution in [0.5, 0.6) is 0 Å².